The molecule has 6 nitrogen and oxygen atoms in total. The number of aryl methyl sites for hydroxylation is 1. The molecule has 2 aromatic rings. The second-order valence-electron chi connectivity index (χ2n) is 5.96. The maximum absolute atomic E-state index is 12.2. The molecule has 2 rings (SSSR count). The van der Waals surface area contributed by atoms with E-state index >= 15 is 0 Å². The summed E-state index contributed by atoms with van der Waals surface area (Å²) < 4.78 is 42.1. The van der Waals surface area contributed by atoms with Crippen molar-refractivity contribution in [2.75, 3.05) is 11.9 Å². The minimum atomic E-state index is -4.97. The average Bonchev–Trinajstić information content (AvgIpc) is 2.65. The molecule has 2 N–H and O–H groups in total. The number of hydrazone groups is 1. The van der Waals surface area contributed by atoms with Crippen LogP contribution in [0.15, 0.2) is 47.6 Å². The van der Waals surface area contributed by atoms with Gasteiger partial charge in [-0.3, -0.25) is 9.59 Å². The molecule has 10 heteroatoms. The number of nitrogens with zero attached hydrogens (tertiary/aromatic N) is 1. The highest BCUT2D eigenvalue weighted by Crippen LogP contribution is 2.21. The molecule has 0 aliphatic carbocycles. The van der Waals surface area contributed by atoms with Crippen molar-refractivity contribution in [3.8, 4) is 5.75 Å². The molecule has 0 heterocycles. The minimum absolute atomic E-state index is 0.0142. The first kappa shape index (κ1) is 22.2. The lowest BCUT2D eigenvalue weighted by molar-refractivity contribution is -0.167. The van der Waals surface area contributed by atoms with Crippen molar-refractivity contribution in [2.24, 2.45) is 5.10 Å². The standard InChI is InChI=1S/C19H17ClF3N3O3/c1-11-9-14(20)5-8-16(11)29-10-17(27)26-25-12(2)13-3-6-15(7-4-13)24-18(28)19(21,22)23/h3-9H,10H2,1-2H3,(H,24,28)(H,26,27)/b25-12+. The number of halogens is 4. The molecule has 0 aliphatic heterocycles. The Morgan fingerprint density at radius 2 is 1.79 bits per heavy atom. The summed E-state index contributed by atoms with van der Waals surface area (Å²) in [7, 11) is 0. The lowest BCUT2D eigenvalue weighted by atomic mass is 10.1. The first-order chi connectivity index (χ1) is 13.6. The minimum Gasteiger partial charge on any atom is -0.483 e. The van der Waals surface area contributed by atoms with Gasteiger partial charge in [0.25, 0.3) is 5.91 Å². The summed E-state index contributed by atoms with van der Waals surface area (Å²) in [5.41, 5.74) is 4.05. The van der Waals surface area contributed by atoms with Gasteiger partial charge in [0.1, 0.15) is 5.75 Å². The van der Waals surface area contributed by atoms with Crippen LogP contribution in [0.1, 0.15) is 18.1 Å². The summed E-state index contributed by atoms with van der Waals surface area (Å²) in [6, 6.07) is 10.5. The Hall–Kier alpha value is -3.07. The van der Waals surface area contributed by atoms with Gasteiger partial charge in [-0.15, -0.1) is 0 Å². The summed E-state index contributed by atoms with van der Waals surface area (Å²) in [4.78, 5) is 22.8. The number of rotatable bonds is 6. The Morgan fingerprint density at radius 1 is 1.14 bits per heavy atom. The number of hydrogen-bond donors (Lipinski definition) is 2. The third-order valence-corrected chi connectivity index (χ3v) is 3.90. The molecule has 2 aromatic carbocycles. The number of nitrogens with one attached hydrogen (secondary N) is 2. The molecule has 2 amide bonds. The number of carbonyl (C=O) groups is 2. The van der Waals surface area contributed by atoms with Gasteiger partial charge in [-0.05, 0) is 55.3 Å². The molecule has 0 saturated carbocycles. The van der Waals surface area contributed by atoms with Gasteiger partial charge < -0.3 is 10.1 Å². The van der Waals surface area contributed by atoms with E-state index in [0.717, 1.165) is 5.56 Å². The Balaban J connectivity index is 1.90. The van der Waals surface area contributed by atoms with Crippen molar-refractivity contribution < 1.29 is 27.5 Å². The van der Waals surface area contributed by atoms with Crippen LogP contribution >= 0.6 is 11.6 Å². The Bertz CT molecular complexity index is 929. The summed E-state index contributed by atoms with van der Waals surface area (Å²) in [6.07, 6.45) is -4.97. The van der Waals surface area contributed by atoms with Crippen LogP contribution in [0.2, 0.25) is 5.02 Å². The monoisotopic (exact) mass is 427 g/mol. The third kappa shape index (κ3) is 6.79. The van der Waals surface area contributed by atoms with E-state index in [1.807, 2.05) is 0 Å². The number of ether oxygens (including phenoxy) is 1. The van der Waals surface area contributed by atoms with Gasteiger partial charge in [-0.25, -0.2) is 5.43 Å². The smallest absolute Gasteiger partial charge is 0.471 e. The molecule has 0 spiro atoms. The van der Waals surface area contributed by atoms with Crippen LogP contribution in [0.4, 0.5) is 18.9 Å². The third-order valence-electron chi connectivity index (χ3n) is 3.66. The fourth-order valence-corrected chi connectivity index (χ4v) is 2.38. The zero-order valence-corrected chi connectivity index (χ0v) is 16.2. The molecule has 0 unspecified atom stereocenters. The van der Waals surface area contributed by atoms with Gasteiger partial charge >= 0.3 is 12.1 Å². The number of hydrogen-bond acceptors (Lipinski definition) is 4. The molecular formula is C19H17ClF3N3O3. The lowest BCUT2D eigenvalue weighted by Crippen LogP contribution is -2.29. The first-order valence-corrected chi connectivity index (χ1v) is 8.65. The van der Waals surface area contributed by atoms with Crippen LogP contribution in [0.5, 0.6) is 5.75 Å². The van der Waals surface area contributed by atoms with E-state index in [9.17, 15) is 22.8 Å². The highest BCUT2D eigenvalue weighted by Gasteiger charge is 2.38. The summed E-state index contributed by atoms with van der Waals surface area (Å²) >= 11 is 5.85. The van der Waals surface area contributed by atoms with Crippen LogP contribution in [0.3, 0.4) is 0 Å². The van der Waals surface area contributed by atoms with Crippen molar-refractivity contribution in [1.82, 2.24) is 5.43 Å². The number of anilines is 1. The van der Waals surface area contributed by atoms with E-state index in [1.54, 1.807) is 37.4 Å². The molecule has 0 atom stereocenters. The van der Waals surface area contributed by atoms with Crippen molar-refractivity contribution in [3.05, 3.63) is 58.6 Å². The van der Waals surface area contributed by atoms with Gasteiger partial charge in [0.15, 0.2) is 6.61 Å². The van der Waals surface area contributed by atoms with E-state index in [0.29, 0.717) is 22.0 Å². The predicted octanol–water partition coefficient (Wildman–Crippen LogP) is 4.07. The number of alkyl halides is 3. The van der Waals surface area contributed by atoms with Gasteiger partial charge in [-0.1, -0.05) is 23.7 Å². The van der Waals surface area contributed by atoms with Crippen molar-refractivity contribution in [2.45, 2.75) is 20.0 Å². The zero-order valence-electron chi connectivity index (χ0n) is 15.4. The van der Waals surface area contributed by atoms with Crippen LogP contribution in [0.25, 0.3) is 0 Å². The Morgan fingerprint density at radius 3 is 2.38 bits per heavy atom. The van der Waals surface area contributed by atoms with Gasteiger partial charge in [0.2, 0.25) is 0 Å². The summed E-state index contributed by atoms with van der Waals surface area (Å²) in [5.74, 6) is -2.03. The SMILES string of the molecule is C/C(=N\NC(=O)COc1ccc(Cl)cc1C)c1ccc(NC(=O)C(F)(F)F)cc1. The molecule has 0 bridgehead atoms. The van der Waals surface area contributed by atoms with E-state index in [-0.39, 0.29) is 12.3 Å². The van der Waals surface area contributed by atoms with Crippen molar-refractivity contribution >= 4 is 34.8 Å². The molecule has 0 saturated heterocycles. The van der Waals surface area contributed by atoms with Crippen LogP contribution in [-0.4, -0.2) is 30.3 Å². The van der Waals surface area contributed by atoms with Crippen LogP contribution in [0, 0.1) is 6.92 Å². The van der Waals surface area contributed by atoms with Crippen molar-refractivity contribution in [3.63, 3.8) is 0 Å². The number of amides is 2. The fraction of sp³-hybridized carbons (Fsp3) is 0.211. The number of carbonyl (C=O) groups excluding carboxylic acids is 2. The second kappa shape index (κ2) is 9.42. The zero-order chi connectivity index (χ0) is 21.6. The highest BCUT2D eigenvalue weighted by atomic mass is 35.5. The average molecular weight is 428 g/mol. The largest absolute Gasteiger partial charge is 0.483 e. The summed E-state index contributed by atoms with van der Waals surface area (Å²) in [5, 5.41) is 6.22. The van der Waals surface area contributed by atoms with Crippen molar-refractivity contribution in [1.29, 1.82) is 0 Å². The predicted molar refractivity (Wildman–Crippen MR) is 103 cm³/mol. The van der Waals surface area contributed by atoms with E-state index < -0.39 is 18.0 Å². The van der Waals surface area contributed by atoms with E-state index in [4.69, 9.17) is 16.3 Å². The quantitative estimate of drug-likeness (QED) is 0.538. The van der Waals surface area contributed by atoms with Gasteiger partial charge in [0.05, 0.1) is 5.71 Å². The maximum Gasteiger partial charge on any atom is 0.471 e. The maximum atomic E-state index is 12.2. The van der Waals surface area contributed by atoms with Crippen LogP contribution < -0.4 is 15.5 Å². The van der Waals surface area contributed by atoms with Crippen LogP contribution in [-0.2, 0) is 9.59 Å². The van der Waals surface area contributed by atoms with Gasteiger partial charge in [0, 0.05) is 10.7 Å². The molecule has 29 heavy (non-hydrogen) atoms. The highest BCUT2D eigenvalue weighted by molar-refractivity contribution is 6.30. The summed E-state index contributed by atoms with van der Waals surface area (Å²) in [6.45, 7) is 3.14. The van der Waals surface area contributed by atoms with E-state index in [1.165, 1.54) is 24.3 Å². The fourth-order valence-electron chi connectivity index (χ4n) is 2.16. The normalized spacial score (nSPS) is 11.7. The topological polar surface area (TPSA) is 79.8 Å². The molecule has 154 valence electrons. The molecule has 0 aliphatic rings. The van der Waals surface area contributed by atoms with E-state index in [2.05, 4.69) is 10.5 Å². The lowest BCUT2D eigenvalue weighted by Gasteiger charge is -2.09. The molecule has 0 radical (unpaired) electrons. The molecule has 0 aromatic heterocycles. The Kier molecular flexibility index (Phi) is 7.22. The second-order valence-corrected chi connectivity index (χ2v) is 6.40. The first-order valence-electron chi connectivity index (χ1n) is 8.27. The molecule has 0 fully saturated rings. The Labute approximate surface area is 169 Å². The number of benzene rings is 2. The van der Waals surface area contributed by atoms with Gasteiger partial charge in [-0.2, -0.15) is 18.3 Å². The molecular weight excluding hydrogens is 411 g/mol.